The molecule has 0 saturated carbocycles. The number of rotatable bonds is 3. The first kappa shape index (κ1) is 13.2. The van der Waals surface area contributed by atoms with Gasteiger partial charge in [0.05, 0.1) is 5.56 Å². The van der Waals surface area contributed by atoms with Gasteiger partial charge in [-0.25, -0.2) is 0 Å². The fourth-order valence-corrected chi connectivity index (χ4v) is 2.44. The van der Waals surface area contributed by atoms with Crippen LogP contribution in [0.1, 0.15) is 10.4 Å². The van der Waals surface area contributed by atoms with Crippen molar-refractivity contribution in [2.45, 2.75) is 0 Å². The fourth-order valence-electron chi connectivity index (χ4n) is 1.69. The summed E-state index contributed by atoms with van der Waals surface area (Å²) in [5.41, 5.74) is 1.04. The molecule has 0 saturated heterocycles. The van der Waals surface area contributed by atoms with Crippen LogP contribution in [0.2, 0.25) is 0 Å². The molecule has 0 aliphatic heterocycles. The molecule has 3 rings (SSSR count). The van der Waals surface area contributed by atoms with Crippen LogP contribution in [-0.2, 0) is 0 Å². The fraction of sp³-hybridized carbons (Fsp3) is 0. The van der Waals surface area contributed by atoms with Gasteiger partial charge in [-0.2, -0.15) is 0 Å². The highest BCUT2D eigenvalue weighted by molar-refractivity contribution is 7.18. The lowest BCUT2D eigenvalue weighted by molar-refractivity contribution is 0.102. The summed E-state index contributed by atoms with van der Waals surface area (Å²) in [5, 5.41) is 11.8. The Morgan fingerprint density at radius 3 is 2.62 bits per heavy atom. The highest BCUT2D eigenvalue weighted by Gasteiger charge is 2.11. The lowest BCUT2D eigenvalue weighted by atomic mass is 10.2. The molecule has 0 aliphatic carbocycles. The number of pyridine rings is 1. The number of aromatic amines is 1. The normalized spacial score (nSPS) is 10.3. The number of nitrogens with zero attached hydrogens (tertiary/aromatic N) is 2. The molecule has 21 heavy (non-hydrogen) atoms. The third kappa shape index (κ3) is 3.03. The first-order chi connectivity index (χ1) is 10.2. The van der Waals surface area contributed by atoms with E-state index in [0.29, 0.717) is 10.7 Å². The molecule has 0 fully saturated rings. The van der Waals surface area contributed by atoms with Crippen LogP contribution < -0.4 is 10.9 Å². The molecule has 0 bridgehead atoms. The minimum absolute atomic E-state index is 0.256. The summed E-state index contributed by atoms with van der Waals surface area (Å²) in [4.78, 5) is 25.4. The van der Waals surface area contributed by atoms with E-state index in [1.165, 1.54) is 29.7 Å². The Bertz CT molecular complexity index is 806. The van der Waals surface area contributed by atoms with Crippen molar-refractivity contribution in [1.29, 1.82) is 0 Å². The number of anilines is 1. The Morgan fingerprint density at radius 2 is 1.90 bits per heavy atom. The van der Waals surface area contributed by atoms with Crippen LogP contribution in [0, 0.1) is 0 Å². The number of aromatic nitrogens is 3. The van der Waals surface area contributed by atoms with Gasteiger partial charge in [-0.05, 0) is 6.07 Å². The van der Waals surface area contributed by atoms with Gasteiger partial charge in [-0.3, -0.25) is 14.9 Å². The molecular weight excluding hydrogens is 288 g/mol. The van der Waals surface area contributed by atoms with Gasteiger partial charge in [0.15, 0.2) is 0 Å². The smallest absolute Gasteiger partial charge is 0.258 e. The van der Waals surface area contributed by atoms with Crippen LogP contribution >= 0.6 is 11.3 Å². The van der Waals surface area contributed by atoms with E-state index in [0.717, 1.165) is 10.6 Å². The monoisotopic (exact) mass is 298 g/mol. The Kier molecular flexibility index (Phi) is 3.57. The van der Waals surface area contributed by atoms with Gasteiger partial charge in [0.1, 0.15) is 5.01 Å². The van der Waals surface area contributed by atoms with Crippen molar-refractivity contribution in [3.8, 4) is 10.6 Å². The number of nitrogens with one attached hydrogen (secondary N) is 2. The van der Waals surface area contributed by atoms with E-state index in [9.17, 15) is 9.59 Å². The van der Waals surface area contributed by atoms with Crippen LogP contribution in [0.5, 0.6) is 0 Å². The number of H-pyrrole nitrogens is 1. The maximum atomic E-state index is 12.0. The quantitative estimate of drug-likeness (QED) is 0.775. The van der Waals surface area contributed by atoms with Gasteiger partial charge in [-0.15, -0.1) is 10.2 Å². The standard InChI is InChI=1S/C14H10N4O2S/c19-11-7-6-10(8-15-11)12(20)16-14-18-17-13(21-14)9-4-2-1-3-5-9/h1-8H,(H,15,19)(H,16,18,20). The molecule has 0 aliphatic rings. The molecule has 0 spiro atoms. The Balaban J connectivity index is 1.77. The number of benzene rings is 1. The zero-order valence-electron chi connectivity index (χ0n) is 10.7. The highest BCUT2D eigenvalue weighted by Crippen LogP contribution is 2.26. The van der Waals surface area contributed by atoms with E-state index in [2.05, 4.69) is 20.5 Å². The van der Waals surface area contributed by atoms with E-state index in [1.807, 2.05) is 30.3 Å². The van der Waals surface area contributed by atoms with Crippen LogP contribution in [0.4, 0.5) is 5.13 Å². The average Bonchev–Trinajstić information content (AvgIpc) is 2.97. The van der Waals surface area contributed by atoms with Gasteiger partial charge < -0.3 is 4.98 Å². The lowest BCUT2D eigenvalue weighted by Gasteiger charge is -1.99. The van der Waals surface area contributed by atoms with Gasteiger partial charge in [-0.1, -0.05) is 41.7 Å². The zero-order valence-corrected chi connectivity index (χ0v) is 11.6. The van der Waals surface area contributed by atoms with Crippen molar-refractivity contribution in [2.75, 3.05) is 5.32 Å². The summed E-state index contributed by atoms with van der Waals surface area (Å²) >= 11 is 1.29. The summed E-state index contributed by atoms with van der Waals surface area (Å²) in [7, 11) is 0. The van der Waals surface area contributed by atoms with Crippen LogP contribution in [0.25, 0.3) is 10.6 Å². The molecule has 0 atom stereocenters. The third-order valence-electron chi connectivity index (χ3n) is 2.71. The summed E-state index contributed by atoms with van der Waals surface area (Å²) in [6, 6.07) is 12.3. The Morgan fingerprint density at radius 1 is 1.10 bits per heavy atom. The molecule has 2 N–H and O–H groups in total. The number of carbonyl (C=O) groups excluding carboxylic acids is 1. The summed E-state index contributed by atoms with van der Waals surface area (Å²) in [6.07, 6.45) is 1.36. The van der Waals surface area contributed by atoms with Crippen LogP contribution in [-0.4, -0.2) is 21.1 Å². The Labute approximate surface area is 123 Å². The van der Waals surface area contributed by atoms with Gasteiger partial charge in [0.2, 0.25) is 10.7 Å². The second-order valence-corrected chi connectivity index (χ2v) is 5.15. The van der Waals surface area contributed by atoms with Crippen molar-refractivity contribution in [3.63, 3.8) is 0 Å². The average molecular weight is 298 g/mol. The molecule has 0 unspecified atom stereocenters. The molecule has 3 aromatic rings. The molecule has 7 heteroatoms. The Hall–Kier alpha value is -2.80. The number of amides is 1. The van der Waals surface area contributed by atoms with Crippen LogP contribution in [0.3, 0.4) is 0 Å². The largest absolute Gasteiger partial charge is 0.328 e. The molecular formula is C14H10N4O2S. The summed E-state index contributed by atoms with van der Waals surface area (Å²) < 4.78 is 0. The van der Waals surface area contributed by atoms with E-state index in [4.69, 9.17) is 0 Å². The highest BCUT2D eigenvalue weighted by atomic mass is 32.1. The molecule has 1 amide bonds. The van der Waals surface area contributed by atoms with Crippen molar-refractivity contribution in [1.82, 2.24) is 15.2 Å². The van der Waals surface area contributed by atoms with E-state index in [-0.39, 0.29) is 11.5 Å². The molecule has 104 valence electrons. The minimum Gasteiger partial charge on any atom is -0.328 e. The predicted octanol–water partition coefficient (Wildman–Crippen LogP) is 2.15. The molecule has 2 heterocycles. The maximum absolute atomic E-state index is 12.0. The first-order valence-electron chi connectivity index (χ1n) is 6.11. The maximum Gasteiger partial charge on any atom is 0.258 e. The van der Waals surface area contributed by atoms with E-state index in [1.54, 1.807) is 0 Å². The van der Waals surface area contributed by atoms with E-state index < -0.39 is 0 Å². The zero-order chi connectivity index (χ0) is 14.7. The van der Waals surface area contributed by atoms with Gasteiger partial charge in [0.25, 0.3) is 5.91 Å². The minimum atomic E-state index is -0.345. The molecule has 1 aromatic carbocycles. The van der Waals surface area contributed by atoms with Crippen molar-refractivity contribution in [2.24, 2.45) is 0 Å². The second kappa shape index (κ2) is 5.68. The predicted molar refractivity (Wildman–Crippen MR) is 80.4 cm³/mol. The SMILES string of the molecule is O=C(Nc1nnc(-c2ccccc2)s1)c1ccc(=O)[nH]c1. The summed E-state index contributed by atoms with van der Waals surface area (Å²) in [6.45, 7) is 0. The van der Waals surface area contributed by atoms with Gasteiger partial charge in [0, 0.05) is 17.8 Å². The lowest BCUT2D eigenvalue weighted by Crippen LogP contribution is -2.14. The van der Waals surface area contributed by atoms with Crippen molar-refractivity contribution in [3.05, 3.63) is 64.6 Å². The van der Waals surface area contributed by atoms with Crippen molar-refractivity contribution < 1.29 is 4.79 Å². The molecule has 0 radical (unpaired) electrons. The second-order valence-electron chi connectivity index (χ2n) is 4.17. The molecule has 2 aromatic heterocycles. The number of carbonyl (C=O) groups is 1. The number of hydrogen-bond donors (Lipinski definition) is 2. The van der Waals surface area contributed by atoms with Crippen LogP contribution in [0.15, 0.2) is 53.5 Å². The van der Waals surface area contributed by atoms with Crippen molar-refractivity contribution >= 4 is 22.4 Å². The topological polar surface area (TPSA) is 87.7 Å². The molecule has 6 nitrogen and oxygen atoms in total. The third-order valence-corrected chi connectivity index (χ3v) is 3.60. The first-order valence-corrected chi connectivity index (χ1v) is 6.93. The van der Waals surface area contributed by atoms with Gasteiger partial charge >= 0.3 is 0 Å². The van der Waals surface area contributed by atoms with E-state index >= 15 is 0 Å². The number of hydrogen-bond acceptors (Lipinski definition) is 5. The summed E-state index contributed by atoms with van der Waals surface area (Å²) in [5.74, 6) is -0.345.